The van der Waals surface area contributed by atoms with E-state index < -0.39 is 0 Å². The summed E-state index contributed by atoms with van der Waals surface area (Å²) in [5.74, 6) is 0.736. The Bertz CT molecular complexity index is 872. The van der Waals surface area contributed by atoms with Crippen LogP contribution in [0, 0.1) is 0 Å². The first kappa shape index (κ1) is 19.6. The van der Waals surface area contributed by atoms with Gasteiger partial charge >= 0.3 is 0 Å². The van der Waals surface area contributed by atoms with Gasteiger partial charge in [0.15, 0.2) is 6.79 Å². The number of aromatic nitrogens is 1. The number of hydrogen-bond acceptors (Lipinski definition) is 5. The molecule has 0 aliphatic carbocycles. The number of benzene rings is 2. The molecular weight excluding hydrogens is 366 g/mol. The quantitative estimate of drug-likeness (QED) is 0.375. The highest BCUT2D eigenvalue weighted by Crippen LogP contribution is 2.23. The van der Waals surface area contributed by atoms with Gasteiger partial charge in [-0.1, -0.05) is 41.9 Å². The van der Waals surface area contributed by atoms with Gasteiger partial charge < -0.3 is 18.9 Å². The summed E-state index contributed by atoms with van der Waals surface area (Å²) in [4.78, 5) is 4.59. The molecule has 6 heteroatoms. The minimum absolute atomic E-state index is 0.188. The normalized spacial score (nSPS) is 11.0. The average molecular weight is 388 g/mol. The third-order valence-electron chi connectivity index (χ3n) is 3.88. The molecule has 3 rings (SSSR count). The summed E-state index contributed by atoms with van der Waals surface area (Å²) >= 11 is 6.33. The number of rotatable bonds is 10. The number of pyridine rings is 1. The van der Waals surface area contributed by atoms with Crippen molar-refractivity contribution in [3.8, 4) is 5.75 Å². The minimum Gasteiger partial charge on any atom is -0.468 e. The van der Waals surface area contributed by atoms with Crippen molar-refractivity contribution in [1.29, 1.82) is 0 Å². The van der Waals surface area contributed by atoms with Gasteiger partial charge in [0.05, 0.1) is 42.7 Å². The van der Waals surface area contributed by atoms with Gasteiger partial charge in [0.25, 0.3) is 0 Å². The fraction of sp³-hybridized carbons (Fsp3) is 0.286. The monoisotopic (exact) mass is 387 g/mol. The molecule has 1 aromatic heterocycles. The molecule has 0 radical (unpaired) electrons. The van der Waals surface area contributed by atoms with Crippen LogP contribution in [0.25, 0.3) is 10.9 Å². The number of methoxy groups -OCH3 is 1. The average Bonchev–Trinajstić information content (AvgIpc) is 2.68. The van der Waals surface area contributed by atoms with Gasteiger partial charge in [-0.15, -0.1) is 0 Å². The predicted molar refractivity (Wildman–Crippen MR) is 105 cm³/mol. The van der Waals surface area contributed by atoms with Crippen LogP contribution >= 0.6 is 11.6 Å². The van der Waals surface area contributed by atoms with Crippen molar-refractivity contribution in [2.75, 3.05) is 27.1 Å². The van der Waals surface area contributed by atoms with Crippen molar-refractivity contribution >= 4 is 22.5 Å². The Morgan fingerprint density at radius 2 is 1.81 bits per heavy atom. The van der Waals surface area contributed by atoms with E-state index in [9.17, 15) is 0 Å². The van der Waals surface area contributed by atoms with Gasteiger partial charge in [-0.25, -0.2) is 0 Å². The Kier molecular flexibility index (Phi) is 7.42. The zero-order valence-corrected chi connectivity index (χ0v) is 15.9. The molecule has 0 saturated carbocycles. The molecular formula is C21H22ClNO4. The van der Waals surface area contributed by atoms with Gasteiger partial charge in [0, 0.05) is 12.5 Å². The lowest BCUT2D eigenvalue weighted by molar-refractivity contribution is -0.00857. The molecule has 142 valence electrons. The molecule has 0 bridgehead atoms. The fourth-order valence-corrected chi connectivity index (χ4v) is 2.85. The van der Waals surface area contributed by atoms with Crippen LogP contribution in [-0.4, -0.2) is 32.1 Å². The number of hydrogen-bond donors (Lipinski definition) is 0. The highest BCUT2D eigenvalue weighted by atomic mass is 35.5. The highest BCUT2D eigenvalue weighted by molar-refractivity contribution is 6.35. The summed E-state index contributed by atoms with van der Waals surface area (Å²) in [6.07, 6.45) is 0. The molecule has 0 amide bonds. The number of fused-ring (bicyclic) bond motifs is 1. The van der Waals surface area contributed by atoms with E-state index in [0.717, 1.165) is 27.9 Å². The van der Waals surface area contributed by atoms with Crippen LogP contribution in [0.3, 0.4) is 0 Å². The molecule has 0 N–H and O–H groups in total. The number of ether oxygens (including phenoxy) is 4. The molecule has 2 aromatic carbocycles. The molecule has 0 unspecified atom stereocenters. The zero-order valence-electron chi connectivity index (χ0n) is 15.2. The van der Waals surface area contributed by atoms with Gasteiger partial charge in [-0.3, -0.25) is 4.98 Å². The minimum atomic E-state index is 0.188. The predicted octanol–water partition coefficient (Wildman–Crippen LogP) is 4.60. The summed E-state index contributed by atoms with van der Waals surface area (Å²) in [6, 6.07) is 17.4. The third kappa shape index (κ3) is 5.91. The van der Waals surface area contributed by atoms with Crippen LogP contribution in [0.1, 0.15) is 11.3 Å². The molecule has 1 heterocycles. The summed E-state index contributed by atoms with van der Waals surface area (Å²) < 4.78 is 21.6. The molecule has 0 fully saturated rings. The van der Waals surface area contributed by atoms with E-state index in [1.54, 1.807) is 7.11 Å². The van der Waals surface area contributed by atoms with Crippen molar-refractivity contribution in [2.45, 2.75) is 13.2 Å². The maximum atomic E-state index is 6.33. The second-order valence-corrected chi connectivity index (χ2v) is 6.32. The maximum Gasteiger partial charge on any atom is 0.189 e. The Morgan fingerprint density at radius 3 is 2.70 bits per heavy atom. The lowest BCUT2D eigenvalue weighted by Gasteiger charge is -2.09. The molecule has 0 aliphatic rings. The van der Waals surface area contributed by atoms with Crippen molar-refractivity contribution in [3.63, 3.8) is 0 Å². The van der Waals surface area contributed by atoms with Crippen molar-refractivity contribution in [3.05, 3.63) is 70.9 Å². The van der Waals surface area contributed by atoms with E-state index in [0.29, 0.717) is 31.5 Å². The van der Waals surface area contributed by atoms with Gasteiger partial charge in [0.1, 0.15) is 5.75 Å². The van der Waals surface area contributed by atoms with E-state index in [1.807, 2.05) is 54.6 Å². The van der Waals surface area contributed by atoms with E-state index in [-0.39, 0.29) is 6.79 Å². The van der Waals surface area contributed by atoms with E-state index in [4.69, 9.17) is 30.5 Å². The van der Waals surface area contributed by atoms with Crippen LogP contribution in [0.15, 0.2) is 54.6 Å². The van der Waals surface area contributed by atoms with Gasteiger partial charge in [-0.2, -0.15) is 0 Å². The Balaban J connectivity index is 1.51. The molecule has 0 spiro atoms. The Hall–Kier alpha value is -2.18. The summed E-state index contributed by atoms with van der Waals surface area (Å²) in [7, 11) is 1.63. The van der Waals surface area contributed by atoms with Crippen molar-refractivity contribution in [2.24, 2.45) is 0 Å². The van der Waals surface area contributed by atoms with Crippen LogP contribution in [0.2, 0.25) is 5.02 Å². The van der Waals surface area contributed by atoms with Crippen LogP contribution < -0.4 is 4.74 Å². The highest BCUT2D eigenvalue weighted by Gasteiger charge is 2.05. The first-order valence-electron chi connectivity index (χ1n) is 8.66. The largest absolute Gasteiger partial charge is 0.468 e. The first-order chi connectivity index (χ1) is 13.3. The smallest absolute Gasteiger partial charge is 0.189 e. The molecule has 27 heavy (non-hydrogen) atoms. The SMILES string of the molecule is COCCOCOc1cccc(COCc2cc(Cl)c3ccccc3n2)c1. The van der Waals surface area contributed by atoms with Crippen LogP contribution in [0.4, 0.5) is 0 Å². The van der Waals surface area contributed by atoms with Gasteiger partial charge in [0.2, 0.25) is 0 Å². The van der Waals surface area contributed by atoms with Crippen molar-refractivity contribution in [1.82, 2.24) is 4.98 Å². The second kappa shape index (κ2) is 10.2. The number of nitrogens with zero attached hydrogens (tertiary/aromatic N) is 1. The number of para-hydroxylation sites is 1. The standard InChI is InChI=1S/C21H22ClNO4/c1-24-9-10-25-15-27-18-6-4-5-16(11-18)13-26-14-17-12-20(22)19-7-2-3-8-21(19)23-17/h2-8,11-12H,9-10,13-15H2,1H3. The maximum absolute atomic E-state index is 6.33. The molecule has 5 nitrogen and oxygen atoms in total. The van der Waals surface area contributed by atoms with Crippen LogP contribution in [0.5, 0.6) is 5.75 Å². The van der Waals surface area contributed by atoms with Gasteiger partial charge in [-0.05, 0) is 29.8 Å². The molecule has 3 aromatic rings. The first-order valence-corrected chi connectivity index (χ1v) is 9.04. The lowest BCUT2D eigenvalue weighted by atomic mass is 10.2. The Labute approximate surface area is 163 Å². The third-order valence-corrected chi connectivity index (χ3v) is 4.19. The van der Waals surface area contributed by atoms with Crippen LogP contribution in [-0.2, 0) is 27.4 Å². The molecule has 0 aliphatic heterocycles. The van der Waals surface area contributed by atoms with Crippen molar-refractivity contribution < 1.29 is 18.9 Å². The van der Waals surface area contributed by atoms with E-state index in [2.05, 4.69) is 4.98 Å². The van der Waals surface area contributed by atoms with E-state index >= 15 is 0 Å². The second-order valence-electron chi connectivity index (χ2n) is 5.92. The Morgan fingerprint density at radius 1 is 0.926 bits per heavy atom. The summed E-state index contributed by atoms with van der Waals surface area (Å²) in [5.41, 5.74) is 2.68. The molecule has 0 saturated heterocycles. The topological polar surface area (TPSA) is 49.8 Å². The lowest BCUT2D eigenvalue weighted by Crippen LogP contribution is -2.07. The number of halogens is 1. The summed E-state index contributed by atoms with van der Waals surface area (Å²) in [5, 5.41) is 1.63. The summed E-state index contributed by atoms with van der Waals surface area (Å²) in [6.45, 7) is 2.07. The van der Waals surface area contributed by atoms with E-state index in [1.165, 1.54) is 0 Å². The molecule has 0 atom stereocenters. The fourth-order valence-electron chi connectivity index (χ4n) is 2.57. The zero-order chi connectivity index (χ0) is 18.9.